The van der Waals surface area contributed by atoms with Crippen molar-refractivity contribution in [2.75, 3.05) is 5.88 Å². The molecule has 0 radical (unpaired) electrons. The Morgan fingerprint density at radius 2 is 2.25 bits per heavy atom. The number of aryl methyl sites for hydroxylation is 1. The fraction of sp³-hybridized carbons (Fsp3) is 0.455. The molecule has 2 rings (SSSR count). The zero-order chi connectivity index (χ0) is 11.4. The average Bonchev–Trinajstić information content (AvgIpc) is 2.61. The second kappa shape index (κ2) is 5.16. The van der Waals surface area contributed by atoms with Crippen LogP contribution in [-0.2, 0) is 6.54 Å². The van der Waals surface area contributed by atoms with Crippen LogP contribution in [0.25, 0.3) is 11.2 Å². The molecule has 16 heavy (non-hydrogen) atoms. The van der Waals surface area contributed by atoms with E-state index in [0.29, 0.717) is 23.7 Å². The van der Waals surface area contributed by atoms with Crippen molar-refractivity contribution < 1.29 is 4.42 Å². The summed E-state index contributed by atoms with van der Waals surface area (Å²) in [6, 6.07) is 3.50. The standard InChI is InChI=1S/C11H13ClN2O2/c12-6-2-1-3-8-14-10-9(16-11(14)15)5-4-7-13-10/h4-5,7H,1-3,6,8H2. The maximum atomic E-state index is 11.5. The molecule has 2 aromatic heterocycles. The molecule has 0 aliphatic heterocycles. The zero-order valence-electron chi connectivity index (χ0n) is 8.86. The Balaban J connectivity index is 2.16. The maximum Gasteiger partial charge on any atom is 0.421 e. The van der Waals surface area contributed by atoms with Crippen molar-refractivity contribution in [3.8, 4) is 0 Å². The number of hydrogen-bond donors (Lipinski definition) is 0. The summed E-state index contributed by atoms with van der Waals surface area (Å²) >= 11 is 5.59. The number of halogens is 1. The number of rotatable bonds is 5. The molecule has 86 valence electrons. The van der Waals surface area contributed by atoms with Crippen molar-refractivity contribution >= 4 is 22.8 Å². The lowest BCUT2D eigenvalue weighted by Gasteiger charge is -2.00. The van der Waals surface area contributed by atoms with E-state index in [2.05, 4.69) is 4.98 Å². The summed E-state index contributed by atoms with van der Waals surface area (Å²) < 4.78 is 6.65. The summed E-state index contributed by atoms with van der Waals surface area (Å²) in [6.07, 6.45) is 4.55. The summed E-state index contributed by atoms with van der Waals surface area (Å²) in [5, 5.41) is 0. The van der Waals surface area contributed by atoms with Gasteiger partial charge in [-0.05, 0) is 25.0 Å². The molecular formula is C11H13ClN2O2. The van der Waals surface area contributed by atoms with E-state index in [-0.39, 0.29) is 5.76 Å². The quantitative estimate of drug-likeness (QED) is 0.596. The molecule has 0 amide bonds. The first-order valence-corrected chi connectivity index (χ1v) is 5.86. The van der Waals surface area contributed by atoms with Gasteiger partial charge in [-0.2, -0.15) is 0 Å². The molecule has 0 unspecified atom stereocenters. The predicted octanol–water partition coefficient (Wildman–Crippen LogP) is 2.40. The van der Waals surface area contributed by atoms with E-state index in [1.807, 2.05) is 0 Å². The van der Waals surface area contributed by atoms with Crippen LogP contribution in [0.1, 0.15) is 19.3 Å². The molecular weight excluding hydrogens is 228 g/mol. The predicted molar refractivity (Wildman–Crippen MR) is 62.8 cm³/mol. The first kappa shape index (κ1) is 11.2. The number of alkyl halides is 1. The van der Waals surface area contributed by atoms with Crippen molar-refractivity contribution in [2.45, 2.75) is 25.8 Å². The minimum atomic E-state index is -0.334. The van der Waals surface area contributed by atoms with Crippen LogP contribution in [0.3, 0.4) is 0 Å². The molecule has 0 aliphatic carbocycles. The molecule has 0 aromatic carbocycles. The van der Waals surface area contributed by atoms with E-state index in [1.54, 1.807) is 22.9 Å². The van der Waals surface area contributed by atoms with Crippen LogP contribution in [0.15, 0.2) is 27.5 Å². The zero-order valence-corrected chi connectivity index (χ0v) is 9.61. The Labute approximate surface area is 97.8 Å². The molecule has 0 fully saturated rings. The Morgan fingerprint density at radius 1 is 1.38 bits per heavy atom. The summed E-state index contributed by atoms with van der Waals surface area (Å²) in [5.41, 5.74) is 1.17. The monoisotopic (exact) mass is 240 g/mol. The van der Waals surface area contributed by atoms with Crippen LogP contribution in [0.2, 0.25) is 0 Å². The van der Waals surface area contributed by atoms with Gasteiger partial charge < -0.3 is 4.42 Å². The third-order valence-electron chi connectivity index (χ3n) is 2.44. The van der Waals surface area contributed by atoms with Crippen LogP contribution in [-0.4, -0.2) is 15.4 Å². The topological polar surface area (TPSA) is 48.0 Å². The molecule has 2 heterocycles. The molecule has 0 bridgehead atoms. The Bertz CT molecular complexity index is 518. The third kappa shape index (κ3) is 2.27. The van der Waals surface area contributed by atoms with Gasteiger partial charge in [-0.25, -0.2) is 9.78 Å². The van der Waals surface area contributed by atoms with Crippen molar-refractivity contribution in [3.05, 3.63) is 28.9 Å². The molecule has 4 nitrogen and oxygen atoms in total. The van der Waals surface area contributed by atoms with Crippen molar-refractivity contribution in [2.24, 2.45) is 0 Å². The van der Waals surface area contributed by atoms with Gasteiger partial charge in [-0.15, -0.1) is 11.6 Å². The molecule has 0 spiro atoms. The lowest BCUT2D eigenvalue weighted by atomic mass is 10.2. The lowest BCUT2D eigenvalue weighted by molar-refractivity contribution is 0.491. The molecule has 0 saturated heterocycles. The van der Waals surface area contributed by atoms with Gasteiger partial charge in [0.05, 0.1) is 0 Å². The summed E-state index contributed by atoms with van der Waals surface area (Å²) in [7, 11) is 0. The number of pyridine rings is 1. The van der Waals surface area contributed by atoms with Gasteiger partial charge in [0.25, 0.3) is 0 Å². The molecule has 0 N–H and O–H groups in total. The highest BCUT2D eigenvalue weighted by Gasteiger charge is 2.08. The highest BCUT2D eigenvalue weighted by Crippen LogP contribution is 2.09. The van der Waals surface area contributed by atoms with Gasteiger partial charge >= 0.3 is 5.76 Å². The third-order valence-corrected chi connectivity index (χ3v) is 2.71. The van der Waals surface area contributed by atoms with E-state index in [4.69, 9.17) is 16.0 Å². The highest BCUT2D eigenvalue weighted by atomic mass is 35.5. The van der Waals surface area contributed by atoms with Crippen molar-refractivity contribution in [1.82, 2.24) is 9.55 Å². The highest BCUT2D eigenvalue weighted by molar-refractivity contribution is 6.17. The van der Waals surface area contributed by atoms with Crippen LogP contribution < -0.4 is 5.76 Å². The van der Waals surface area contributed by atoms with Crippen molar-refractivity contribution in [1.29, 1.82) is 0 Å². The molecule has 0 atom stereocenters. The largest absolute Gasteiger partial charge is 0.421 e. The summed E-state index contributed by atoms with van der Waals surface area (Å²) in [5.74, 6) is 0.332. The first-order valence-electron chi connectivity index (χ1n) is 5.33. The van der Waals surface area contributed by atoms with Crippen LogP contribution >= 0.6 is 11.6 Å². The van der Waals surface area contributed by atoms with E-state index in [9.17, 15) is 4.79 Å². The van der Waals surface area contributed by atoms with E-state index in [0.717, 1.165) is 19.3 Å². The Hall–Kier alpha value is -1.29. The first-order chi connectivity index (χ1) is 7.83. The summed E-state index contributed by atoms with van der Waals surface area (Å²) in [6.45, 7) is 0.639. The number of unbranched alkanes of at least 4 members (excludes halogenated alkanes) is 2. The molecule has 0 saturated carbocycles. The fourth-order valence-corrected chi connectivity index (χ4v) is 1.83. The minimum Gasteiger partial charge on any atom is -0.406 e. The van der Waals surface area contributed by atoms with E-state index < -0.39 is 0 Å². The van der Waals surface area contributed by atoms with Crippen LogP contribution in [0.4, 0.5) is 0 Å². The number of fused-ring (bicyclic) bond motifs is 1. The van der Waals surface area contributed by atoms with Crippen molar-refractivity contribution in [3.63, 3.8) is 0 Å². The van der Waals surface area contributed by atoms with Gasteiger partial charge in [0.15, 0.2) is 11.2 Å². The SMILES string of the molecule is O=c1oc2cccnc2n1CCCCCCl. The van der Waals surface area contributed by atoms with Gasteiger partial charge in [-0.3, -0.25) is 4.57 Å². The Kier molecular flexibility index (Phi) is 3.62. The molecule has 2 aromatic rings. The Morgan fingerprint density at radius 3 is 3.06 bits per heavy atom. The second-order valence-corrected chi connectivity index (χ2v) is 3.97. The summed E-state index contributed by atoms with van der Waals surface area (Å²) in [4.78, 5) is 15.7. The maximum absolute atomic E-state index is 11.5. The van der Waals surface area contributed by atoms with Gasteiger partial charge in [0.1, 0.15) is 0 Å². The van der Waals surface area contributed by atoms with Gasteiger partial charge in [0.2, 0.25) is 0 Å². The number of nitrogens with zero attached hydrogens (tertiary/aromatic N) is 2. The van der Waals surface area contributed by atoms with Gasteiger partial charge in [0, 0.05) is 18.6 Å². The molecule has 0 aliphatic rings. The van der Waals surface area contributed by atoms with Gasteiger partial charge in [-0.1, -0.05) is 6.42 Å². The average molecular weight is 241 g/mol. The smallest absolute Gasteiger partial charge is 0.406 e. The minimum absolute atomic E-state index is 0.334. The number of hydrogen-bond acceptors (Lipinski definition) is 3. The fourth-order valence-electron chi connectivity index (χ4n) is 1.64. The van der Waals surface area contributed by atoms with Crippen LogP contribution in [0.5, 0.6) is 0 Å². The second-order valence-electron chi connectivity index (χ2n) is 3.59. The lowest BCUT2D eigenvalue weighted by Crippen LogP contribution is -2.14. The van der Waals surface area contributed by atoms with E-state index >= 15 is 0 Å². The number of oxazole rings is 1. The number of aromatic nitrogens is 2. The normalized spacial score (nSPS) is 11.1. The van der Waals surface area contributed by atoms with Crippen LogP contribution in [0, 0.1) is 0 Å². The molecule has 5 heteroatoms. The van der Waals surface area contributed by atoms with E-state index in [1.165, 1.54) is 0 Å².